The molecule has 0 aliphatic carbocycles. The first kappa shape index (κ1) is 17.9. The highest BCUT2D eigenvalue weighted by atomic mass is 35.5. The molecule has 0 spiro atoms. The van der Waals surface area contributed by atoms with Gasteiger partial charge in [0, 0.05) is 16.7 Å². The molecule has 1 amide bonds. The molecule has 0 saturated heterocycles. The Balaban J connectivity index is 2.18. The number of benzene rings is 2. The normalized spacial score (nSPS) is 11.5. The fourth-order valence-electron chi connectivity index (χ4n) is 2.58. The highest BCUT2D eigenvalue weighted by Crippen LogP contribution is 2.23. The smallest absolute Gasteiger partial charge is 0.280 e. The summed E-state index contributed by atoms with van der Waals surface area (Å²) in [6, 6.07) is 9.66. The van der Waals surface area contributed by atoms with E-state index in [0.29, 0.717) is 9.82 Å². The lowest BCUT2D eigenvalue weighted by molar-refractivity contribution is -0.385. The minimum absolute atomic E-state index is 0.120. The van der Waals surface area contributed by atoms with Crippen LogP contribution < -0.4 is 4.80 Å². The Hall–Kier alpha value is -2.95. The van der Waals surface area contributed by atoms with Crippen LogP contribution in [-0.2, 0) is 6.54 Å². The standard InChI is InChI=1S/C18H12ClN3O3S/c1-3-9-21-15-8-7-12(19)10-16(15)26-18(21)20-17(23)13-5-4-6-14(11(13)2)22(24)25/h1,4-8,10H,9H2,2H3. The number of halogens is 1. The van der Waals surface area contributed by atoms with Gasteiger partial charge < -0.3 is 4.57 Å². The molecule has 26 heavy (non-hydrogen) atoms. The summed E-state index contributed by atoms with van der Waals surface area (Å²) in [7, 11) is 0. The van der Waals surface area contributed by atoms with Crippen LogP contribution in [0.25, 0.3) is 10.2 Å². The number of nitro benzene ring substituents is 1. The Labute approximate surface area is 157 Å². The number of carbonyl (C=O) groups excluding carboxylic acids is 1. The molecule has 3 rings (SSSR count). The number of amides is 1. The Morgan fingerprint density at radius 2 is 2.19 bits per heavy atom. The second kappa shape index (κ2) is 7.12. The second-order valence-corrected chi connectivity index (χ2v) is 6.86. The van der Waals surface area contributed by atoms with Crippen LogP contribution in [0.2, 0.25) is 5.02 Å². The number of fused-ring (bicyclic) bond motifs is 1. The first-order chi connectivity index (χ1) is 12.4. The predicted octanol–water partition coefficient (Wildman–Crippen LogP) is 3.95. The third-order valence-electron chi connectivity index (χ3n) is 3.82. The van der Waals surface area contributed by atoms with Crippen LogP contribution in [-0.4, -0.2) is 15.4 Å². The van der Waals surface area contributed by atoms with Crippen molar-refractivity contribution in [3.05, 3.63) is 67.5 Å². The number of terminal acetylenes is 1. The molecule has 6 nitrogen and oxygen atoms in total. The van der Waals surface area contributed by atoms with Crippen molar-refractivity contribution < 1.29 is 9.72 Å². The maximum absolute atomic E-state index is 12.6. The number of nitrogens with zero attached hydrogens (tertiary/aromatic N) is 3. The van der Waals surface area contributed by atoms with E-state index < -0.39 is 10.8 Å². The molecule has 0 aliphatic rings. The maximum atomic E-state index is 12.6. The first-order valence-corrected chi connectivity index (χ1v) is 8.67. The maximum Gasteiger partial charge on any atom is 0.280 e. The number of hydrogen-bond acceptors (Lipinski definition) is 4. The van der Waals surface area contributed by atoms with E-state index in [9.17, 15) is 14.9 Å². The van der Waals surface area contributed by atoms with Gasteiger partial charge in [-0.05, 0) is 31.2 Å². The molecule has 2 aromatic carbocycles. The van der Waals surface area contributed by atoms with Crippen molar-refractivity contribution in [2.75, 3.05) is 0 Å². The van der Waals surface area contributed by atoms with Gasteiger partial charge in [0.25, 0.3) is 11.6 Å². The Kier molecular flexibility index (Phi) is 4.89. The monoisotopic (exact) mass is 385 g/mol. The Bertz CT molecular complexity index is 1150. The zero-order valence-electron chi connectivity index (χ0n) is 13.6. The topological polar surface area (TPSA) is 77.5 Å². The third kappa shape index (κ3) is 3.25. The fourth-order valence-corrected chi connectivity index (χ4v) is 3.88. The van der Waals surface area contributed by atoms with E-state index in [4.69, 9.17) is 18.0 Å². The molecular formula is C18H12ClN3O3S. The average Bonchev–Trinajstić information content (AvgIpc) is 2.91. The molecule has 3 aromatic rings. The van der Waals surface area contributed by atoms with Crippen LogP contribution in [0.3, 0.4) is 0 Å². The highest BCUT2D eigenvalue weighted by molar-refractivity contribution is 7.16. The summed E-state index contributed by atoms with van der Waals surface area (Å²) in [6.07, 6.45) is 5.43. The lowest BCUT2D eigenvalue weighted by Gasteiger charge is -2.02. The zero-order valence-corrected chi connectivity index (χ0v) is 15.2. The van der Waals surface area contributed by atoms with E-state index >= 15 is 0 Å². The molecule has 1 aromatic heterocycles. The van der Waals surface area contributed by atoms with Crippen LogP contribution in [0.1, 0.15) is 15.9 Å². The van der Waals surface area contributed by atoms with E-state index in [-0.39, 0.29) is 23.4 Å². The molecule has 0 aliphatic heterocycles. The number of carbonyl (C=O) groups is 1. The summed E-state index contributed by atoms with van der Waals surface area (Å²) in [5.41, 5.74) is 1.16. The van der Waals surface area contributed by atoms with E-state index in [2.05, 4.69) is 10.9 Å². The summed E-state index contributed by atoms with van der Waals surface area (Å²) in [5, 5.41) is 11.6. The summed E-state index contributed by atoms with van der Waals surface area (Å²) in [6.45, 7) is 1.77. The molecule has 0 unspecified atom stereocenters. The van der Waals surface area contributed by atoms with Crippen molar-refractivity contribution in [1.82, 2.24) is 4.57 Å². The van der Waals surface area contributed by atoms with E-state index in [1.165, 1.54) is 36.5 Å². The molecule has 0 N–H and O–H groups in total. The second-order valence-electron chi connectivity index (χ2n) is 5.41. The van der Waals surface area contributed by atoms with Crippen LogP contribution >= 0.6 is 22.9 Å². The number of hydrogen-bond donors (Lipinski definition) is 0. The van der Waals surface area contributed by atoms with Gasteiger partial charge in [0.05, 0.1) is 27.2 Å². The molecule has 1 heterocycles. The summed E-state index contributed by atoms with van der Waals surface area (Å²) < 4.78 is 2.58. The van der Waals surface area contributed by atoms with Crippen LogP contribution in [0.4, 0.5) is 5.69 Å². The van der Waals surface area contributed by atoms with Gasteiger partial charge in [-0.2, -0.15) is 4.99 Å². The molecule has 0 saturated carbocycles. The van der Waals surface area contributed by atoms with Crippen molar-refractivity contribution in [3.8, 4) is 12.3 Å². The molecule has 8 heteroatoms. The zero-order chi connectivity index (χ0) is 18.8. The van der Waals surface area contributed by atoms with Crippen LogP contribution in [0.15, 0.2) is 41.4 Å². The lowest BCUT2D eigenvalue weighted by Crippen LogP contribution is -2.17. The quantitative estimate of drug-likeness (QED) is 0.389. The van der Waals surface area contributed by atoms with Crippen molar-refractivity contribution in [2.24, 2.45) is 4.99 Å². The molecule has 0 atom stereocenters. The molecular weight excluding hydrogens is 374 g/mol. The van der Waals surface area contributed by atoms with Crippen LogP contribution in [0, 0.1) is 29.4 Å². The minimum atomic E-state index is -0.561. The fraction of sp³-hybridized carbons (Fsp3) is 0.111. The van der Waals surface area contributed by atoms with Crippen molar-refractivity contribution >= 4 is 44.7 Å². The SMILES string of the molecule is C#CCn1c(=NC(=O)c2cccc([N+](=O)[O-])c2C)sc2cc(Cl)ccc21. The van der Waals surface area contributed by atoms with Crippen molar-refractivity contribution in [2.45, 2.75) is 13.5 Å². The lowest BCUT2D eigenvalue weighted by atomic mass is 10.1. The first-order valence-electron chi connectivity index (χ1n) is 7.48. The van der Waals surface area contributed by atoms with Gasteiger partial charge >= 0.3 is 0 Å². The summed E-state index contributed by atoms with van der Waals surface area (Å²) >= 11 is 7.30. The molecule has 130 valence electrons. The highest BCUT2D eigenvalue weighted by Gasteiger charge is 2.18. The third-order valence-corrected chi connectivity index (χ3v) is 5.10. The Morgan fingerprint density at radius 1 is 1.42 bits per heavy atom. The van der Waals surface area contributed by atoms with Crippen LogP contribution in [0.5, 0.6) is 0 Å². The van der Waals surface area contributed by atoms with Crippen molar-refractivity contribution in [1.29, 1.82) is 0 Å². The van der Waals surface area contributed by atoms with Gasteiger partial charge in [-0.1, -0.05) is 34.9 Å². The number of nitro groups is 1. The average molecular weight is 386 g/mol. The van der Waals surface area contributed by atoms with E-state index in [1.807, 2.05) is 6.07 Å². The van der Waals surface area contributed by atoms with Gasteiger partial charge in [-0.15, -0.1) is 6.42 Å². The minimum Gasteiger partial charge on any atom is -0.305 e. The summed E-state index contributed by atoms with van der Waals surface area (Å²) in [4.78, 5) is 27.8. The van der Waals surface area contributed by atoms with E-state index in [0.717, 1.165) is 10.2 Å². The number of thiazole rings is 1. The Morgan fingerprint density at radius 3 is 2.88 bits per heavy atom. The van der Waals surface area contributed by atoms with Gasteiger partial charge in [-0.3, -0.25) is 14.9 Å². The largest absolute Gasteiger partial charge is 0.305 e. The number of rotatable bonds is 3. The van der Waals surface area contributed by atoms with Gasteiger partial charge in [0.2, 0.25) is 0 Å². The van der Waals surface area contributed by atoms with Crippen molar-refractivity contribution in [3.63, 3.8) is 0 Å². The molecule has 0 bridgehead atoms. The summed E-state index contributed by atoms with van der Waals surface area (Å²) in [5.74, 6) is 1.98. The van der Waals surface area contributed by atoms with Gasteiger partial charge in [0.1, 0.15) is 0 Å². The van der Waals surface area contributed by atoms with E-state index in [1.54, 1.807) is 16.7 Å². The predicted molar refractivity (Wildman–Crippen MR) is 101 cm³/mol. The van der Waals surface area contributed by atoms with Gasteiger partial charge in [0.15, 0.2) is 4.80 Å². The molecule has 0 radical (unpaired) electrons. The molecule has 0 fully saturated rings. The van der Waals surface area contributed by atoms with Gasteiger partial charge in [-0.25, -0.2) is 0 Å². The number of aromatic nitrogens is 1.